The zero-order valence-electron chi connectivity index (χ0n) is 10.8. The summed E-state index contributed by atoms with van der Waals surface area (Å²) in [7, 11) is 0. The number of nitrogens with zero attached hydrogens (tertiary/aromatic N) is 2. The standard InChI is InChI=1S/C14H11ClN4OS/c15-9-3-1-4-11(12(9)19-7-2-6-17-19)18-14(20)13-10(16)5-8-21-13/h1-8H,16H2,(H,18,20). The van der Waals surface area contributed by atoms with E-state index in [4.69, 9.17) is 17.3 Å². The molecule has 0 unspecified atom stereocenters. The summed E-state index contributed by atoms with van der Waals surface area (Å²) in [4.78, 5) is 12.7. The van der Waals surface area contributed by atoms with E-state index in [1.54, 1.807) is 52.8 Å². The number of hydrogen-bond donors (Lipinski definition) is 2. The van der Waals surface area contributed by atoms with Crippen molar-refractivity contribution in [1.29, 1.82) is 0 Å². The van der Waals surface area contributed by atoms with Gasteiger partial charge in [0, 0.05) is 12.4 Å². The summed E-state index contributed by atoms with van der Waals surface area (Å²) < 4.78 is 1.61. The van der Waals surface area contributed by atoms with E-state index in [1.807, 2.05) is 0 Å². The molecule has 2 aromatic heterocycles. The van der Waals surface area contributed by atoms with Crippen LogP contribution in [-0.2, 0) is 0 Å². The van der Waals surface area contributed by atoms with E-state index in [-0.39, 0.29) is 5.91 Å². The molecule has 0 aliphatic carbocycles. The highest BCUT2D eigenvalue weighted by Gasteiger charge is 2.15. The first-order valence-corrected chi connectivity index (χ1v) is 7.35. The van der Waals surface area contributed by atoms with Crippen LogP contribution in [0.5, 0.6) is 0 Å². The zero-order chi connectivity index (χ0) is 14.8. The van der Waals surface area contributed by atoms with E-state index < -0.39 is 0 Å². The Morgan fingerprint density at radius 1 is 1.33 bits per heavy atom. The Labute approximate surface area is 130 Å². The molecule has 0 saturated carbocycles. The summed E-state index contributed by atoms with van der Waals surface area (Å²) in [6.07, 6.45) is 3.41. The van der Waals surface area contributed by atoms with Gasteiger partial charge in [0.1, 0.15) is 10.6 Å². The fourth-order valence-electron chi connectivity index (χ4n) is 1.93. The number of nitrogen functional groups attached to an aromatic ring is 1. The van der Waals surface area contributed by atoms with Gasteiger partial charge < -0.3 is 11.1 Å². The number of amides is 1. The molecule has 0 spiro atoms. The van der Waals surface area contributed by atoms with Crippen LogP contribution in [0.2, 0.25) is 5.02 Å². The SMILES string of the molecule is Nc1ccsc1C(=O)Nc1cccc(Cl)c1-n1cccn1. The molecular weight excluding hydrogens is 308 g/mol. The molecule has 0 bridgehead atoms. The summed E-state index contributed by atoms with van der Waals surface area (Å²) in [6, 6.07) is 8.76. The minimum atomic E-state index is -0.266. The Bertz CT molecular complexity index is 782. The zero-order valence-corrected chi connectivity index (χ0v) is 12.4. The van der Waals surface area contributed by atoms with Gasteiger partial charge in [-0.3, -0.25) is 4.79 Å². The average molecular weight is 319 g/mol. The van der Waals surface area contributed by atoms with Gasteiger partial charge in [-0.25, -0.2) is 4.68 Å². The molecule has 106 valence electrons. The van der Waals surface area contributed by atoms with E-state index in [1.165, 1.54) is 11.3 Å². The molecule has 3 aromatic rings. The summed E-state index contributed by atoms with van der Waals surface area (Å²) in [5, 5.41) is 9.25. The van der Waals surface area contributed by atoms with Crippen molar-refractivity contribution in [3.05, 3.63) is 58.0 Å². The molecule has 0 atom stereocenters. The van der Waals surface area contributed by atoms with Gasteiger partial charge in [-0.1, -0.05) is 17.7 Å². The van der Waals surface area contributed by atoms with Gasteiger partial charge in [0.05, 0.1) is 16.4 Å². The number of carbonyl (C=O) groups excluding carboxylic acids is 1. The first-order valence-electron chi connectivity index (χ1n) is 6.09. The van der Waals surface area contributed by atoms with E-state index in [2.05, 4.69) is 10.4 Å². The molecule has 3 rings (SSSR count). The van der Waals surface area contributed by atoms with Crippen LogP contribution in [0.1, 0.15) is 9.67 Å². The maximum atomic E-state index is 12.3. The highest BCUT2D eigenvalue weighted by atomic mass is 35.5. The number of para-hydroxylation sites is 1. The number of anilines is 2. The van der Waals surface area contributed by atoms with Gasteiger partial charge in [0.25, 0.3) is 5.91 Å². The normalized spacial score (nSPS) is 10.5. The van der Waals surface area contributed by atoms with Crippen LogP contribution in [-0.4, -0.2) is 15.7 Å². The van der Waals surface area contributed by atoms with Crippen LogP contribution in [0.25, 0.3) is 5.69 Å². The lowest BCUT2D eigenvalue weighted by atomic mass is 10.2. The van der Waals surface area contributed by atoms with Crippen LogP contribution < -0.4 is 11.1 Å². The lowest BCUT2D eigenvalue weighted by Crippen LogP contribution is -2.14. The van der Waals surface area contributed by atoms with Crippen LogP contribution in [0.3, 0.4) is 0 Å². The molecule has 0 fully saturated rings. The molecule has 0 saturated heterocycles. The molecule has 21 heavy (non-hydrogen) atoms. The minimum absolute atomic E-state index is 0.266. The number of rotatable bonds is 3. The Morgan fingerprint density at radius 2 is 2.19 bits per heavy atom. The molecule has 7 heteroatoms. The van der Waals surface area contributed by atoms with Crippen molar-refractivity contribution in [2.75, 3.05) is 11.1 Å². The summed E-state index contributed by atoms with van der Waals surface area (Å²) in [5.41, 5.74) is 7.41. The van der Waals surface area contributed by atoms with Crippen molar-refractivity contribution >= 4 is 40.2 Å². The van der Waals surface area contributed by atoms with E-state index in [9.17, 15) is 4.79 Å². The molecule has 3 N–H and O–H groups in total. The molecule has 2 heterocycles. The summed E-state index contributed by atoms with van der Waals surface area (Å²) in [6.45, 7) is 0. The van der Waals surface area contributed by atoms with Crippen molar-refractivity contribution < 1.29 is 4.79 Å². The summed E-state index contributed by atoms with van der Waals surface area (Å²) in [5.74, 6) is -0.266. The average Bonchev–Trinajstić information content (AvgIpc) is 3.10. The number of hydrogen-bond acceptors (Lipinski definition) is 4. The van der Waals surface area contributed by atoms with Crippen LogP contribution >= 0.6 is 22.9 Å². The Balaban J connectivity index is 1.98. The third kappa shape index (κ3) is 2.63. The molecule has 0 aliphatic heterocycles. The smallest absolute Gasteiger partial charge is 0.267 e. The Morgan fingerprint density at radius 3 is 2.86 bits per heavy atom. The lowest BCUT2D eigenvalue weighted by molar-refractivity contribution is 0.103. The monoisotopic (exact) mass is 318 g/mol. The van der Waals surface area contributed by atoms with Crippen molar-refractivity contribution in [2.24, 2.45) is 0 Å². The number of aromatic nitrogens is 2. The quantitative estimate of drug-likeness (QED) is 0.777. The third-order valence-electron chi connectivity index (χ3n) is 2.87. The predicted octanol–water partition coefficient (Wildman–Crippen LogP) is 3.42. The molecule has 0 aliphatic rings. The topological polar surface area (TPSA) is 72.9 Å². The second-order valence-electron chi connectivity index (χ2n) is 4.25. The number of nitrogens with one attached hydrogen (secondary N) is 1. The number of benzene rings is 1. The number of carbonyl (C=O) groups is 1. The van der Waals surface area contributed by atoms with Gasteiger partial charge >= 0.3 is 0 Å². The highest BCUT2D eigenvalue weighted by molar-refractivity contribution is 7.12. The second kappa shape index (κ2) is 5.59. The second-order valence-corrected chi connectivity index (χ2v) is 5.57. The first-order chi connectivity index (χ1) is 10.2. The molecular formula is C14H11ClN4OS. The largest absolute Gasteiger partial charge is 0.397 e. The van der Waals surface area contributed by atoms with Crippen LogP contribution in [0, 0.1) is 0 Å². The number of halogens is 1. The van der Waals surface area contributed by atoms with Crippen molar-refractivity contribution in [3.63, 3.8) is 0 Å². The lowest BCUT2D eigenvalue weighted by Gasteiger charge is -2.12. The molecule has 0 radical (unpaired) electrons. The maximum Gasteiger partial charge on any atom is 0.267 e. The van der Waals surface area contributed by atoms with E-state index >= 15 is 0 Å². The van der Waals surface area contributed by atoms with Gasteiger partial charge in [0.15, 0.2) is 0 Å². The Hall–Kier alpha value is -2.31. The fraction of sp³-hybridized carbons (Fsp3) is 0. The third-order valence-corrected chi connectivity index (χ3v) is 4.10. The highest BCUT2D eigenvalue weighted by Crippen LogP contribution is 2.29. The predicted molar refractivity (Wildman–Crippen MR) is 85.3 cm³/mol. The Kier molecular flexibility index (Phi) is 3.64. The summed E-state index contributed by atoms with van der Waals surface area (Å²) >= 11 is 7.52. The molecule has 5 nitrogen and oxygen atoms in total. The van der Waals surface area contributed by atoms with Crippen molar-refractivity contribution in [2.45, 2.75) is 0 Å². The van der Waals surface area contributed by atoms with E-state index in [0.717, 1.165) is 0 Å². The minimum Gasteiger partial charge on any atom is -0.397 e. The number of thiophene rings is 1. The number of nitrogens with two attached hydrogens (primary N) is 1. The first kappa shape index (κ1) is 13.7. The fourth-order valence-corrected chi connectivity index (χ4v) is 2.91. The van der Waals surface area contributed by atoms with Gasteiger partial charge in [-0.05, 0) is 29.6 Å². The van der Waals surface area contributed by atoms with Crippen LogP contribution in [0.15, 0.2) is 48.1 Å². The molecule has 1 amide bonds. The van der Waals surface area contributed by atoms with Crippen LogP contribution in [0.4, 0.5) is 11.4 Å². The van der Waals surface area contributed by atoms with Gasteiger partial charge in [-0.15, -0.1) is 11.3 Å². The molecule has 1 aromatic carbocycles. The van der Waals surface area contributed by atoms with Gasteiger partial charge in [0.2, 0.25) is 0 Å². The maximum absolute atomic E-state index is 12.3. The van der Waals surface area contributed by atoms with Crippen molar-refractivity contribution in [3.8, 4) is 5.69 Å². The van der Waals surface area contributed by atoms with E-state index in [0.29, 0.717) is 27.0 Å². The van der Waals surface area contributed by atoms with Gasteiger partial charge in [-0.2, -0.15) is 5.10 Å². The van der Waals surface area contributed by atoms with Crippen molar-refractivity contribution in [1.82, 2.24) is 9.78 Å².